The third-order valence-corrected chi connectivity index (χ3v) is 6.40. The fourth-order valence-electron chi connectivity index (χ4n) is 3.61. The molecule has 1 aliphatic rings. The Balaban J connectivity index is 1.65. The molecule has 1 saturated heterocycles. The van der Waals surface area contributed by atoms with Crippen LogP contribution in [-0.4, -0.2) is 32.9 Å². The number of rotatable bonds is 5. The minimum Gasteiger partial charge on any atom is -0.496 e. The number of hydrogen-bond donors (Lipinski definition) is 0. The molecule has 1 aromatic carbocycles. The molecule has 26 heavy (non-hydrogen) atoms. The highest BCUT2D eigenvalue weighted by Gasteiger charge is 2.27. The predicted octanol–water partition coefficient (Wildman–Crippen LogP) is 4.48. The van der Waals surface area contributed by atoms with E-state index in [0.717, 1.165) is 28.5 Å². The van der Waals surface area contributed by atoms with Crippen LogP contribution in [0.25, 0.3) is 11.4 Å². The van der Waals surface area contributed by atoms with Gasteiger partial charge in [-0.05, 0) is 48.6 Å². The molecule has 1 aliphatic heterocycles. The molecule has 0 aliphatic carbocycles. The van der Waals surface area contributed by atoms with Gasteiger partial charge < -0.3 is 9.30 Å². The zero-order valence-corrected chi connectivity index (χ0v) is 16.6. The molecule has 0 radical (unpaired) electrons. The van der Waals surface area contributed by atoms with Crippen molar-refractivity contribution in [2.45, 2.75) is 25.6 Å². The Morgan fingerprint density at radius 1 is 1.27 bits per heavy atom. The number of hydrogen-bond acceptors (Lipinski definition) is 5. The highest BCUT2D eigenvalue weighted by molar-refractivity contribution is 7.71. The van der Waals surface area contributed by atoms with Crippen molar-refractivity contribution in [3.8, 4) is 17.1 Å². The van der Waals surface area contributed by atoms with Crippen molar-refractivity contribution in [2.75, 3.05) is 13.7 Å². The molecule has 1 atom stereocenters. The summed E-state index contributed by atoms with van der Waals surface area (Å²) in [6.45, 7) is 1.79. The molecule has 0 spiro atoms. The van der Waals surface area contributed by atoms with Crippen molar-refractivity contribution >= 4 is 23.6 Å². The summed E-state index contributed by atoms with van der Waals surface area (Å²) in [5.41, 5.74) is 0.957. The zero-order chi connectivity index (χ0) is 18.1. The topological polar surface area (TPSA) is 35.2 Å². The first-order chi connectivity index (χ1) is 12.7. The van der Waals surface area contributed by atoms with E-state index in [0.29, 0.717) is 12.7 Å². The lowest BCUT2D eigenvalue weighted by Crippen LogP contribution is -2.26. The van der Waals surface area contributed by atoms with Crippen molar-refractivity contribution in [1.29, 1.82) is 0 Å². The standard InChI is InChI=1S/C19H22N4OS2/c1-21-18(14-7-3-4-9-16(14)24-2)20-23(19(21)25)13-22-11-5-8-15(22)17-10-6-12-26-17/h3-4,6-7,9-10,12,15H,5,8,11,13H2,1-2H3/t15-/m1/s1. The molecule has 0 amide bonds. The third-order valence-electron chi connectivity index (χ3n) is 4.94. The Morgan fingerprint density at radius 2 is 2.12 bits per heavy atom. The minimum atomic E-state index is 0.466. The summed E-state index contributed by atoms with van der Waals surface area (Å²) in [6.07, 6.45) is 2.40. The maximum atomic E-state index is 5.67. The van der Waals surface area contributed by atoms with Gasteiger partial charge in [0.05, 0.1) is 19.3 Å². The molecule has 0 unspecified atom stereocenters. The summed E-state index contributed by atoms with van der Waals surface area (Å²) >= 11 is 7.50. The maximum Gasteiger partial charge on any atom is 0.199 e. The molecule has 0 N–H and O–H groups in total. The van der Waals surface area contributed by atoms with Gasteiger partial charge in [0.2, 0.25) is 0 Å². The number of methoxy groups -OCH3 is 1. The second-order valence-electron chi connectivity index (χ2n) is 6.49. The smallest absolute Gasteiger partial charge is 0.199 e. The van der Waals surface area contributed by atoms with Crippen LogP contribution in [0.1, 0.15) is 23.8 Å². The third kappa shape index (κ3) is 3.11. The van der Waals surface area contributed by atoms with E-state index in [2.05, 4.69) is 22.4 Å². The lowest BCUT2D eigenvalue weighted by Gasteiger charge is -2.23. The molecule has 7 heteroatoms. The van der Waals surface area contributed by atoms with Crippen molar-refractivity contribution in [1.82, 2.24) is 19.2 Å². The molecule has 0 bridgehead atoms. The maximum absolute atomic E-state index is 5.67. The Kier molecular flexibility index (Phi) is 4.93. The van der Waals surface area contributed by atoms with Crippen LogP contribution in [0, 0.1) is 4.77 Å². The monoisotopic (exact) mass is 386 g/mol. The lowest BCUT2D eigenvalue weighted by atomic mass is 10.2. The molecule has 3 aromatic rings. The van der Waals surface area contributed by atoms with Crippen LogP contribution in [0.15, 0.2) is 41.8 Å². The van der Waals surface area contributed by atoms with E-state index in [9.17, 15) is 0 Å². The molecule has 4 rings (SSSR count). The number of nitrogens with zero attached hydrogens (tertiary/aromatic N) is 4. The average molecular weight is 387 g/mol. The normalized spacial score (nSPS) is 17.7. The van der Waals surface area contributed by atoms with Crippen LogP contribution in [0.3, 0.4) is 0 Å². The number of thiophene rings is 1. The molecule has 3 heterocycles. The largest absolute Gasteiger partial charge is 0.496 e. The summed E-state index contributed by atoms with van der Waals surface area (Å²) in [4.78, 5) is 3.90. The van der Waals surface area contributed by atoms with Crippen molar-refractivity contribution in [3.63, 3.8) is 0 Å². The van der Waals surface area contributed by atoms with E-state index in [1.54, 1.807) is 7.11 Å². The van der Waals surface area contributed by atoms with Crippen LogP contribution < -0.4 is 4.74 Å². The van der Waals surface area contributed by atoms with E-state index < -0.39 is 0 Å². The zero-order valence-electron chi connectivity index (χ0n) is 15.0. The lowest BCUT2D eigenvalue weighted by molar-refractivity contribution is 0.192. The van der Waals surface area contributed by atoms with E-state index in [4.69, 9.17) is 22.1 Å². The summed E-state index contributed by atoms with van der Waals surface area (Å²) < 4.78 is 10.1. The van der Waals surface area contributed by atoms with Gasteiger partial charge in [0.1, 0.15) is 5.75 Å². The molecule has 5 nitrogen and oxygen atoms in total. The quantitative estimate of drug-likeness (QED) is 0.606. The highest BCUT2D eigenvalue weighted by Crippen LogP contribution is 2.35. The Morgan fingerprint density at radius 3 is 2.88 bits per heavy atom. The van der Waals surface area contributed by atoms with Gasteiger partial charge in [-0.3, -0.25) is 4.90 Å². The molecular weight excluding hydrogens is 364 g/mol. The van der Waals surface area contributed by atoms with Gasteiger partial charge in [0.15, 0.2) is 10.6 Å². The second-order valence-corrected chi connectivity index (χ2v) is 7.84. The first-order valence-electron chi connectivity index (χ1n) is 8.73. The average Bonchev–Trinajstić information content (AvgIpc) is 3.39. The fourth-order valence-corrected chi connectivity index (χ4v) is 4.69. The van der Waals surface area contributed by atoms with Crippen LogP contribution >= 0.6 is 23.6 Å². The molecule has 2 aromatic heterocycles. The van der Waals surface area contributed by atoms with Gasteiger partial charge in [-0.15, -0.1) is 11.3 Å². The van der Waals surface area contributed by atoms with Crippen molar-refractivity contribution in [2.24, 2.45) is 7.05 Å². The first-order valence-corrected chi connectivity index (χ1v) is 10.0. The van der Waals surface area contributed by atoms with Gasteiger partial charge >= 0.3 is 0 Å². The van der Waals surface area contributed by atoms with Gasteiger partial charge in [-0.2, -0.15) is 5.10 Å². The Labute approximate surface area is 162 Å². The number of aromatic nitrogens is 3. The van der Waals surface area contributed by atoms with Crippen molar-refractivity contribution < 1.29 is 4.74 Å². The Hall–Kier alpha value is -1.96. The molecule has 136 valence electrons. The number of ether oxygens (including phenoxy) is 1. The van der Waals surface area contributed by atoms with E-state index >= 15 is 0 Å². The SMILES string of the molecule is COc1ccccc1-c1nn(CN2CCC[C@@H]2c2cccs2)c(=S)n1C. The van der Waals surface area contributed by atoms with Gasteiger partial charge in [-0.25, -0.2) is 4.68 Å². The summed E-state index contributed by atoms with van der Waals surface area (Å²) in [5, 5.41) is 6.98. The predicted molar refractivity (Wildman–Crippen MR) is 107 cm³/mol. The summed E-state index contributed by atoms with van der Waals surface area (Å²) in [6, 6.07) is 12.7. The van der Waals surface area contributed by atoms with Crippen LogP contribution in [0.4, 0.5) is 0 Å². The van der Waals surface area contributed by atoms with Crippen LogP contribution in [0.5, 0.6) is 5.75 Å². The minimum absolute atomic E-state index is 0.466. The van der Waals surface area contributed by atoms with Crippen LogP contribution in [0.2, 0.25) is 0 Å². The van der Waals surface area contributed by atoms with Crippen LogP contribution in [-0.2, 0) is 13.7 Å². The van der Waals surface area contributed by atoms with Crippen molar-refractivity contribution in [3.05, 3.63) is 51.4 Å². The molecule has 0 saturated carbocycles. The Bertz CT molecular complexity index is 945. The summed E-state index contributed by atoms with van der Waals surface area (Å²) in [5.74, 6) is 1.64. The first kappa shape index (κ1) is 17.5. The van der Waals surface area contributed by atoms with E-state index in [1.807, 2.05) is 51.9 Å². The van der Waals surface area contributed by atoms with E-state index in [-0.39, 0.29) is 0 Å². The number of para-hydroxylation sites is 1. The highest BCUT2D eigenvalue weighted by atomic mass is 32.1. The van der Waals surface area contributed by atoms with E-state index in [1.165, 1.54) is 17.7 Å². The summed E-state index contributed by atoms with van der Waals surface area (Å²) in [7, 11) is 3.65. The van der Waals surface area contributed by atoms with Gasteiger partial charge in [0, 0.05) is 24.5 Å². The van der Waals surface area contributed by atoms with Gasteiger partial charge in [0.25, 0.3) is 0 Å². The van der Waals surface area contributed by atoms with Gasteiger partial charge in [-0.1, -0.05) is 18.2 Å². The second kappa shape index (κ2) is 7.34. The molecular formula is C19H22N4OS2. The number of likely N-dealkylation sites (tertiary alicyclic amines) is 1. The fraction of sp³-hybridized carbons (Fsp3) is 0.368. The number of benzene rings is 1. The molecule has 1 fully saturated rings.